The Morgan fingerprint density at radius 2 is 1.97 bits per heavy atom. The van der Waals surface area contributed by atoms with Crippen molar-refractivity contribution in [2.24, 2.45) is 0 Å². The van der Waals surface area contributed by atoms with E-state index in [4.69, 9.17) is 9.72 Å². The standard InChI is InChI=1S/C27H34N8O/c1-19(2)20-13-27(33-29-15-20)32-26-8-7-24-25(31-26)12-21(14-28-24)22-16-30-35(17-22)11-5-10-34-9-4-6-23(18-34)36-3/h7-8,12-17,19,23H,4-6,9-11,18H2,1-3H3,(H,31,32,33). The maximum atomic E-state index is 5.54. The van der Waals surface area contributed by atoms with Crippen LogP contribution in [0, 0.1) is 0 Å². The minimum atomic E-state index is 0.373. The summed E-state index contributed by atoms with van der Waals surface area (Å²) in [6.45, 7) is 8.41. The molecule has 0 spiro atoms. The van der Waals surface area contributed by atoms with Crippen LogP contribution < -0.4 is 5.32 Å². The number of likely N-dealkylation sites (tertiary alicyclic amines) is 1. The van der Waals surface area contributed by atoms with Crippen LogP contribution in [-0.2, 0) is 11.3 Å². The fourth-order valence-corrected chi connectivity index (χ4v) is 4.62. The molecule has 0 aliphatic carbocycles. The van der Waals surface area contributed by atoms with E-state index in [-0.39, 0.29) is 0 Å². The van der Waals surface area contributed by atoms with Gasteiger partial charge in [0, 0.05) is 43.7 Å². The van der Waals surface area contributed by atoms with Crippen LogP contribution in [0.4, 0.5) is 11.6 Å². The Kier molecular flexibility index (Phi) is 7.48. The molecule has 0 bridgehead atoms. The summed E-state index contributed by atoms with van der Waals surface area (Å²) in [4.78, 5) is 11.9. The van der Waals surface area contributed by atoms with E-state index in [1.54, 1.807) is 6.20 Å². The summed E-state index contributed by atoms with van der Waals surface area (Å²) in [6, 6.07) is 7.94. The number of methoxy groups -OCH3 is 1. The molecular weight excluding hydrogens is 452 g/mol. The molecule has 9 heteroatoms. The lowest BCUT2D eigenvalue weighted by atomic mass is 10.1. The van der Waals surface area contributed by atoms with Gasteiger partial charge in [0.05, 0.1) is 29.5 Å². The fourth-order valence-electron chi connectivity index (χ4n) is 4.62. The lowest BCUT2D eigenvalue weighted by Crippen LogP contribution is -2.39. The third kappa shape index (κ3) is 5.85. The quantitative estimate of drug-likeness (QED) is 0.365. The van der Waals surface area contributed by atoms with Gasteiger partial charge < -0.3 is 15.0 Å². The zero-order chi connectivity index (χ0) is 24.9. The lowest BCUT2D eigenvalue weighted by Gasteiger charge is -2.31. The number of aromatic nitrogens is 6. The molecule has 0 saturated carbocycles. The molecule has 1 aliphatic rings. The molecular formula is C27H34N8O. The minimum absolute atomic E-state index is 0.373. The van der Waals surface area contributed by atoms with Gasteiger partial charge in [-0.1, -0.05) is 13.8 Å². The molecule has 9 nitrogen and oxygen atoms in total. The maximum absolute atomic E-state index is 5.54. The second-order valence-electron chi connectivity index (χ2n) is 9.76. The van der Waals surface area contributed by atoms with Crippen molar-refractivity contribution in [3.05, 3.63) is 54.6 Å². The molecule has 5 heterocycles. The Morgan fingerprint density at radius 1 is 1.06 bits per heavy atom. The van der Waals surface area contributed by atoms with Crippen molar-refractivity contribution in [3.8, 4) is 11.1 Å². The van der Waals surface area contributed by atoms with Gasteiger partial charge >= 0.3 is 0 Å². The molecule has 0 radical (unpaired) electrons. The van der Waals surface area contributed by atoms with Crippen molar-refractivity contribution >= 4 is 22.7 Å². The van der Waals surface area contributed by atoms with Crippen molar-refractivity contribution in [1.82, 2.24) is 34.8 Å². The number of rotatable bonds is 9. The van der Waals surface area contributed by atoms with Crippen LogP contribution in [0.3, 0.4) is 0 Å². The normalized spacial score (nSPS) is 16.6. The van der Waals surface area contributed by atoms with Crippen LogP contribution in [0.15, 0.2) is 49.1 Å². The summed E-state index contributed by atoms with van der Waals surface area (Å²) in [6.07, 6.45) is 11.5. The van der Waals surface area contributed by atoms with Crippen LogP contribution in [0.25, 0.3) is 22.2 Å². The number of pyridine rings is 2. The molecule has 1 atom stereocenters. The zero-order valence-corrected chi connectivity index (χ0v) is 21.3. The molecule has 0 amide bonds. The van der Waals surface area contributed by atoms with Gasteiger partial charge in [0.15, 0.2) is 5.82 Å². The van der Waals surface area contributed by atoms with E-state index >= 15 is 0 Å². The van der Waals surface area contributed by atoms with Gasteiger partial charge in [0.2, 0.25) is 0 Å². The van der Waals surface area contributed by atoms with Gasteiger partial charge in [-0.25, -0.2) is 4.98 Å². The van der Waals surface area contributed by atoms with E-state index in [1.807, 2.05) is 42.4 Å². The molecule has 5 rings (SSSR count). The summed E-state index contributed by atoms with van der Waals surface area (Å²) in [5, 5.41) is 16.1. The third-order valence-corrected chi connectivity index (χ3v) is 6.76. The predicted octanol–water partition coefficient (Wildman–Crippen LogP) is 4.65. The van der Waals surface area contributed by atoms with Crippen LogP contribution in [0.2, 0.25) is 0 Å². The Labute approximate surface area is 211 Å². The van der Waals surface area contributed by atoms with Crippen LogP contribution >= 0.6 is 0 Å². The van der Waals surface area contributed by atoms with Crippen LogP contribution in [-0.4, -0.2) is 67.7 Å². The second kappa shape index (κ2) is 11.1. The number of hydrogen-bond donors (Lipinski definition) is 1. The number of anilines is 2. The summed E-state index contributed by atoms with van der Waals surface area (Å²) in [5.41, 5.74) is 4.83. The summed E-state index contributed by atoms with van der Waals surface area (Å²) in [5.74, 6) is 1.77. The second-order valence-corrected chi connectivity index (χ2v) is 9.76. The highest BCUT2D eigenvalue weighted by atomic mass is 16.5. The number of aryl methyl sites for hydroxylation is 1. The molecule has 1 fully saturated rings. The first-order valence-electron chi connectivity index (χ1n) is 12.7. The molecule has 4 aromatic heterocycles. The molecule has 0 aromatic carbocycles. The fraction of sp³-hybridized carbons (Fsp3) is 0.444. The van der Waals surface area contributed by atoms with E-state index in [0.717, 1.165) is 60.3 Å². The Bertz CT molecular complexity index is 1300. The number of fused-ring (bicyclic) bond motifs is 1. The first-order valence-corrected chi connectivity index (χ1v) is 12.7. The van der Waals surface area contributed by atoms with Gasteiger partial charge in [-0.05, 0) is 68.1 Å². The number of nitrogens with one attached hydrogen (secondary N) is 1. The van der Waals surface area contributed by atoms with E-state index in [2.05, 4.69) is 56.6 Å². The highest BCUT2D eigenvalue weighted by Gasteiger charge is 2.18. The van der Waals surface area contributed by atoms with Gasteiger partial charge in [-0.3, -0.25) is 9.67 Å². The van der Waals surface area contributed by atoms with Crippen molar-refractivity contribution in [2.75, 3.05) is 32.1 Å². The number of hydrogen-bond acceptors (Lipinski definition) is 8. The highest BCUT2D eigenvalue weighted by Crippen LogP contribution is 2.24. The predicted molar refractivity (Wildman–Crippen MR) is 141 cm³/mol. The molecule has 1 unspecified atom stereocenters. The summed E-state index contributed by atoms with van der Waals surface area (Å²) < 4.78 is 7.56. The van der Waals surface area contributed by atoms with Crippen molar-refractivity contribution in [1.29, 1.82) is 0 Å². The first-order chi connectivity index (χ1) is 17.6. The molecule has 1 saturated heterocycles. The summed E-state index contributed by atoms with van der Waals surface area (Å²) in [7, 11) is 1.81. The minimum Gasteiger partial charge on any atom is -0.380 e. The number of ether oxygens (including phenoxy) is 1. The van der Waals surface area contributed by atoms with E-state index in [0.29, 0.717) is 23.7 Å². The summed E-state index contributed by atoms with van der Waals surface area (Å²) >= 11 is 0. The number of nitrogens with zero attached hydrogens (tertiary/aromatic N) is 7. The van der Waals surface area contributed by atoms with Crippen LogP contribution in [0.1, 0.15) is 44.6 Å². The Morgan fingerprint density at radius 3 is 2.83 bits per heavy atom. The lowest BCUT2D eigenvalue weighted by molar-refractivity contribution is 0.0306. The SMILES string of the molecule is COC1CCCN(CCCn2cc(-c3cnc4ccc(Nc5cc(C(C)C)cnn5)nc4c3)cn2)C1. The zero-order valence-electron chi connectivity index (χ0n) is 21.3. The number of piperidine rings is 1. The van der Waals surface area contributed by atoms with Crippen LogP contribution in [0.5, 0.6) is 0 Å². The highest BCUT2D eigenvalue weighted by molar-refractivity contribution is 5.81. The van der Waals surface area contributed by atoms with Crippen molar-refractivity contribution in [3.63, 3.8) is 0 Å². The third-order valence-electron chi connectivity index (χ3n) is 6.76. The molecule has 1 aliphatic heterocycles. The van der Waals surface area contributed by atoms with E-state index < -0.39 is 0 Å². The monoisotopic (exact) mass is 486 g/mol. The van der Waals surface area contributed by atoms with E-state index in [1.165, 1.54) is 12.8 Å². The Balaban J connectivity index is 1.24. The van der Waals surface area contributed by atoms with Gasteiger partial charge in [0.1, 0.15) is 5.82 Å². The first kappa shape index (κ1) is 24.3. The van der Waals surface area contributed by atoms with Crippen molar-refractivity contribution < 1.29 is 4.74 Å². The van der Waals surface area contributed by atoms with E-state index in [9.17, 15) is 0 Å². The van der Waals surface area contributed by atoms with Crippen molar-refractivity contribution in [2.45, 2.75) is 51.7 Å². The van der Waals surface area contributed by atoms with Gasteiger partial charge in [0.25, 0.3) is 0 Å². The molecule has 1 N–H and O–H groups in total. The average Bonchev–Trinajstić information content (AvgIpc) is 3.37. The largest absolute Gasteiger partial charge is 0.380 e. The van der Waals surface area contributed by atoms with Gasteiger partial charge in [-0.15, -0.1) is 5.10 Å². The topological polar surface area (TPSA) is 93.9 Å². The van der Waals surface area contributed by atoms with Gasteiger partial charge in [-0.2, -0.15) is 10.2 Å². The maximum Gasteiger partial charge on any atom is 0.154 e. The molecule has 36 heavy (non-hydrogen) atoms. The molecule has 4 aromatic rings. The average molecular weight is 487 g/mol. The smallest absolute Gasteiger partial charge is 0.154 e. The Hall–Kier alpha value is -3.43. The molecule has 188 valence electrons.